The number of rotatable bonds is 4. The Kier molecular flexibility index (Phi) is 3.12. The topological polar surface area (TPSA) is 17.1 Å². The monoisotopic (exact) mass is 228 g/mol. The molecule has 0 saturated heterocycles. The van der Waals surface area contributed by atoms with Crippen LogP contribution >= 0.6 is 11.6 Å². The van der Waals surface area contributed by atoms with Gasteiger partial charge in [0.25, 0.3) is 0 Å². The van der Waals surface area contributed by atoms with Crippen LogP contribution in [0.5, 0.6) is 0 Å². The molecule has 0 heterocycles. The predicted molar refractivity (Wildman–Crippen MR) is 62.8 cm³/mol. The Morgan fingerprint density at radius 1 is 1.40 bits per heavy atom. The average Bonchev–Trinajstić information content (AvgIpc) is 2.66. The SMILES string of the molecule is CC1(C)C2CCC(C2)C1CCCC(=O)Cl. The van der Waals surface area contributed by atoms with Gasteiger partial charge in [0.05, 0.1) is 0 Å². The molecule has 0 spiro atoms. The average molecular weight is 229 g/mol. The van der Waals surface area contributed by atoms with Crippen LogP contribution in [-0.4, -0.2) is 5.24 Å². The first-order chi connectivity index (χ1) is 7.01. The zero-order chi connectivity index (χ0) is 11.1. The maximum Gasteiger partial charge on any atom is 0.221 e. The molecule has 0 aromatic rings. The number of halogens is 1. The lowest BCUT2D eigenvalue weighted by Crippen LogP contribution is -2.30. The standard InChI is InChI=1S/C13H21ClO/c1-13(2)10-7-6-9(8-10)11(13)4-3-5-12(14)15/h9-11H,3-8H2,1-2H3. The van der Waals surface area contributed by atoms with Gasteiger partial charge in [-0.3, -0.25) is 4.79 Å². The van der Waals surface area contributed by atoms with Gasteiger partial charge in [-0.25, -0.2) is 0 Å². The summed E-state index contributed by atoms with van der Waals surface area (Å²) in [4.78, 5) is 10.7. The van der Waals surface area contributed by atoms with Crippen LogP contribution in [0.4, 0.5) is 0 Å². The van der Waals surface area contributed by atoms with E-state index >= 15 is 0 Å². The van der Waals surface area contributed by atoms with E-state index in [0.29, 0.717) is 11.8 Å². The van der Waals surface area contributed by atoms with E-state index < -0.39 is 0 Å². The van der Waals surface area contributed by atoms with Gasteiger partial charge in [0.2, 0.25) is 5.24 Å². The fourth-order valence-corrected chi connectivity index (χ4v) is 4.17. The van der Waals surface area contributed by atoms with Gasteiger partial charge in [-0.15, -0.1) is 0 Å². The molecule has 0 aliphatic heterocycles. The smallest absolute Gasteiger partial charge is 0.221 e. The molecule has 86 valence electrons. The van der Waals surface area contributed by atoms with E-state index in [1.54, 1.807) is 0 Å². The third-order valence-corrected chi connectivity index (χ3v) is 5.13. The zero-order valence-electron chi connectivity index (χ0n) is 9.76. The highest BCUT2D eigenvalue weighted by atomic mass is 35.5. The molecule has 0 aromatic carbocycles. The Morgan fingerprint density at radius 3 is 2.67 bits per heavy atom. The van der Waals surface area contributed by atoms with Crippen LogP contribution in [0.25, 0.3) is 0 Å². The van der Waals surface area contributed by atoms with E-state index in [4.69, 9.17) is 11.6 Å². The lowest BCUT2D eigenvalue weighted by atomic mass is 9.67. The van der Waals surface area contributed by atoms with E-state index in [9.17, 15) is 4.79 Å². The Balaban J connectivity index is 1.89. The number of carbonyl (C=O) groups excluding carboxylic acids is 1. The van der Waals surface area contributed by atoms with Crippen molar-refractivity contribution in [3.63, 3.8) is 0 Å². The summed E-state index contributed by atoms with van der Waals surface area (Å²) < 4.78 is 0. The fraction of sp³-hybridized carbons (Fsp3) is 0.923. The van der Waals surface area contributed by atoms with Crippen molar-refractivity contribution in [1.82, 2.24) is 0 Å². The van der Waals surface area contributed by atoms with Crippen molar-refractivity contribution in [2.75, 3.05) is 0 Å². The second kappa shape index (κ2) is 4.08. The van der Waals surface area contributed by atoms with Crippen molar-refractivity contribution in [2.24, 2.45) is 23.2 Å². The van der Waals surface area contributed by atoms with Crippen LogP contribution in [0, 0.1) is 23.2 Å². The zero-order valence-corrected chi connectivity index (χ0v) is 10.5. The summed E-state index contributed by atoms with van der Waals surface area (Å²) in [5, 5.41) is -0.170. The molecular weight excluding hydrogens is 208 g/mol. The van der Waals surface area contributed by atoms with Crippen molar-refractivity contribution in [2.45, 2.75) is 52.4 Å². The molecule has 2 rings (SSSR count). The molecule has 0 radical (unpaired) electrons. The van der Waals surface area contributed by atoms with Crippen molar-refractivity contribution < 1.29 is 4.79 Å². The van der Waals surface area contributed by atoms with Crippen molar-refractivity contribution in [3.05, 3.63) is 0 Å². The lowest BCUT2D eigenvalue weighted by Gasteiger charge is -2.38. The van der Waals surface area contributed by atoms with Gasteiger partial charge in [-0.1, -0.05) is 13.8 Å². The summed E-state index contributed by atoms with van der Waals surface area (Å²) in [6.07, 6.45) is 7.04. The summed E-state index contributed by atoms with van der Waals surface area (Å²) in [5.41, 5.74) is 0.512. The Hall–Kier alpha value is -0.0400. The van der Waals surface area contributed by atoms with Crippen LogP contribution in [0.2, 0.25) is 0 Å². The molecule has 3 unspecified atom stereocenters. The summed E-state index contributed by atoms with van der Waals surface area (Å²) >= 11 is 5.37. The molecule has 0 aromatic heterocycles. The molecule has 2 fully saturated rings. The summed E-state index contributed by atoms with van der Waals surface area (Å²) in [7, 11) is 0. The maximum absolute atomic E-state index is 10.7. The highest BCUT2D eigenvalue weighted by molar-refractivity contribution is 6.63. The lowest BCUT2D eigenvalue weighted by molar-refractivity contribution is -0.111. The maximum atomic E-state index is 10.7. The molecule has 2 saturated carbocycles. The van der Waals surface area contributed by atoms with E-state index in [2.05, 4.69) is 13.8 Å². The third-order valence-electron chi connectivity index (χ3n) is 4.94. The van der Waals surface area contributed by atoms with E-state index in [1.165, 1.54) is 25.7 Å². The van der Waals surface area contributed by atoms with E-state index in [1.807, 2.05) is 0 Å². The molecule has 2 aliphatic rings. The van der Waals surface area contributed by atoms with E-state index in [-0.39, 0.29) is 5.24 Å². The minimum Gasteiger partial charge on any atom is -0.281 e. The second-order valence-corrected chi connectivity index (χ2v) is 6.37. The van der Waals surface area contributed by atoms with Gasteiger partial charge in [0.1, 0.15) is 0 Å². The molecule has 2 bridgehead atoms. The molecule has 3 atom stereocenters. The first-order valence-corrected chi connectivity index (χ1v) is 6.58. The van der Waals surface area contributed by atoms with Crippen molar-refractivity contribution in [1.29, 1.82) is 0 Å². The van der Waals surface area contributed by atoms with Crippen LogP contribution in [0.1, 0.15) is 52.4 Å². The second-order valence-electron chi connectivity index (χ2n) is 5.95. The number of carbonyl (C=O) groups is 1. The van der Waals surface area contributed by atoms with E-state index in [0.717, 1.165) is 24.2 Å². The van der Waals surface area contributed by atoms with Gasteiger partial charge < -0.3 is 0 Å². The quantitative estimate of drug-likeness (QED) is 0.665. The number of hydrogen-bond acceptors (Lipinski definition) is 1. The minimum absolute atomic E-state index is 0.170. The molecular formula is C13H21ClO. The first kappa shape index (κ1) is 11.4. The van der Waals surface area contributed by atoms with Gasteiger partial charge >= 0.3 is 0 Å². The Labute approximate surface area is 97.6 Å². The van der Waals surface area contributed by atoms with Gasteiger partial charge in [-0.05, 0) is 66.9 Å². The highest BCUT2D eigenvalue weighted by Gasteiger charge is 2.51. The van der Waals surface area contributed by atoms with Gasteiger partial charge in [-0.2, -0.15) is 0 Å². The number of fused-ring (bicyclic) bond motifs is 2. The first-order valence-electron chi connectivity index (χ1n) is 6.20. The summed E-state index contributed by atoms with van der Waals surface area (Å²) in [6, 6.07) is 0. The fourth-order valence-electron chi connectivity index (χ4n) is 4.04. The van der Waals surface area contributed by atoms with Crippen molar-refractivity contribution in [3.8, 4) is 0 Å². The Bertz CT molecular complexity index is 259. The number of hydrogen-bond donors (Lipinski definition) is 0. The largest absolute Gasteiger partial charge is 0.281 e. The summed E-state index contributed by atoms with van der Waals surface area (Å²) in [6.45, 7) is 4.84. The van der Waals surface area contributed by atoms with Crippen molar-refractivity contribution >= 4 is 16.8 Å². The van der Waals surface area contributed by atoms with Crippen LogP contribution in [0.15, 0.2) is 0 Å². The molecule has 2 heteroatoms. The minimum atomic E-state index is -0.170. The Morgan fingerprint density at radius 2 is 2.13 bits per heavy atom. The van der Waals surface area contributed by atoms with Crippen LogP contribution < -0.4 is 0 Å². The van der Waals surface area contributed by atoms with Crippen LogP contribution in [0.3, 0.4) is 0 Å². The molecule has 0 amide bonds. The predicted octanol–water partition coefficient (Wildman–Crippen LogP) is 3.99. The normalized spacial score (nSPS) is 37.1. The third kappa shape index (κ3) is 2.08. The summed E-state index contributed by atoms with van der Waals surface area (Å²) in [5.74, 6) is 2.72. The molecule has 0 N–H and O–H groups in total. The highest BCUT2D eigenvalue weighted by Crippen LogP contribution is 2.60. The molecule has 1 nitrogen and oxygen atoms in total. The molecule has 15 heavy (non-hydrogen) atoms. The van der Waals surface area contributed by atoms with Gasteiger partial charge in [0, 0.05) is 6.42 Å². The van der Waals surface area contributed by atoms with Crippen LogP contribution in [-0.2, 0) is 4.79 Å². The molecule has 2 aliphatic carbocycles. The van der Waals surface area contributed by atoms with Gasteiger partial charge in [0.15, 0.2) is 0 Å².